The zero-order chi connectivity index (χ0) is 17.3. The van der Waals surface area contributed by atoms with Crippen molar-refractivity contribution in [2.24, 2.45) is 0 Å². The topological polar surface area (TPSA) is 76.5 Å². The minimum Gasteiger partial charge on any atom is -0.436 e. The number of aromatic nitrogens is 4. The zero-order valence-corrected chi connectivity index (χ0v) is 14.5. The maximum Gasteiger partial charge on any atom is 0.292 e. The number of aryl methyl sites for hydroxylation is 3. The van der Waals surface area contributed by atoms with Crippen molar-refractivity contribution in [2.45, 2.75) is 52.1 Å². The van der Waals surface area contributed by atoms with Crippen molar-refractivity contribution in [1.82, 2.24) is 24.5 Å². The van der Waals surface area contributed by atoms with Crippen LogP contribution in [0.5, 0.6) is 0 Å². The Morgan fingerprint density at radius 1 is 1.28 bits per heavy atom. The van der Waals surface area contributed by atoms with Crippen molar-refractivity contribution in [2.75, 3.05) is 0 Å². The zero-order valence-electron chi connectivity index (χ0n) is 14.5. The van der Waals surface area contributed by atoms with Crippen LogP contribution < -0.4 is 0 Å². The van der Waals surface area contributed by atoms with Gasteiger partial charge in [-0.25, -0.2) is 14.5 Å². The number of nitrogens with zero attached hydrogens (tertiary/aromatic N) is 5. The molecule has 2 unspecified atom stereocenters. The number of carbonyl (C=O) groups is 1. The number of rotatable bonds is 1. The van der Waals surface area contributed by atoms with Gasteiger partial charge in [0.15, 0.2) is 11.5 Å². The molecular formula is C18H19N5O2. The number of hydrogen-bond donors (Lipinski definition) is 0. The lowest BCUT2D eigenvalue weighted by atomic mass is 9.98. The van der Waals surface area contributed by atoms with Gasteiger partial charge in [-0.3, -0.25) is 4.79 Å². The predicted molar refractivity (Wildman–Crippen MR) is 89.3 cm³/mol. The second kappa shape index (κ2) is 4.91. The first-order valence-corrected chi connectivity index (χ1v) is 8.64. The average Bonchev–Trinajstić information content (AvgIpc) is 3.21. The summed E-state index contributed by atoms with van der Waals surface area (Å²) in [6.07, 6.45) is 4.64. The van der Waals surface area contributed by atoms with Crippen molar-refractivity contribution in [1.29, 1.82) is 0 Å². The smallest absolute Gasteiger partial charge is 0.292 e. The molecule has 0 saturated carbocycles. The number of oxazole rings is 1. The molecular weight excluding hydrogens is 318 g/mol. The van der Waals surface area contributed by atoms with Crippen molar-refractivity contribution in [3.63, 3.8) is 0 Å². The van der Waals surface area contributed by atoms with Gasteiger partial charge in [0, 0.05) is 37.2 Å². The van der Waals surface area contributed by atoms with E-state index in [2.05, 4.69) is 15.1 Å². The van der Waals surface area contributed by atoms with Crippen molar-refractivity contribution < 1.29 is 9.21 Å². The molecule has 1 fully saturated rings. The molecule has 0 N–H and O–H groups in total. The van der Waals surface area contributed by atoms with E-state index in [9.17, 15) is 4.79 Å². The molecule has 2 aliphatic heterocycles. The molecule has 2 aliphatic rings. The van der Waals surface area contributed by atoms with Gasteiger partial charge in [0.1, 0.15) is 0 Å². The van der Waals surface area contributed by atoms with Crippen LogP contribution in [0.1, 0.15) is 58.0 Å². The van der Waals surface area contributed by atoms with Gasteiger partial charge in [-0.15, -0.1) is 0 Å². The third kappa shape index (κ3) is 1.98. The quantitative estimate of drug-likeness (QED) is 0.682. The van der Waals surface area contributed by atoms with Crippen molar-refractivity contribution in [3.05, 3.63) is 46.6 Å². The molecule has 1 amide bonds. The van der Waals surface area contributed by atoms with Gasteiger partial charge in [-0.2, -0.15) is 5.10 Å². The maximum atomic E-state index is 13.1. The monoisotopic (exact) mass is 337 g/mol. The molecule has 0 spiro atoms. The van der Waals surface area contributed by atoms with E-state index in [4.69, 9.17) is 4.42 Å². The fourth-order valence-corrected chi connectivity index (χ4v) is 4.36. The summed E-state index contributed by atoms with van der Waals surface area (Å²) in [5.74, 6) is 0.829. The Morgan fingerprint density at radius 3 is 2.88 bits per heavy atom. The Bertz CT molecular complexity index is 1020. The molecule has 25 heavy (non-hydrogen) atoms. The van der Waals surface area contributed by atoms with Crippen LogP contribution in [-0.4, -0.2) is 36.4 Å². The van der Waals surface area contributed by atoms with Gasteiger partial charge in [-0.1, -0.05) is 0 Å². The van der Waals surface area contributed by atoms with Crippen LogP contribution in [0.25, 0.3) is 5.65 Å². The van der Waals surface area contributed by atoms with E-state index in [0.717, 1.165) is 36.2 Å². The second-order valence-electron chi connectivity index (χ2n) is 7.03. The van der Waals surface area contributed by atoms with E-state index in [0.29, 0.717) is 17.3 Å². The first kappa shape index (κ1) is 14.6. The lowest BCUT2D eigenvalue weighted by molar-refractivity contribution is 0.0607. The van der Waals surface area contributed by atoms with Crippen LogP contribution in [0.4, 0.5) is 0 Å². The Labute approximate surface area is 144 Å². The second-order valence-corrected chi connectivity index (χ2v) is 7.03. The largest absolute Gasteiger partial charge is 0.436 e. The predicted octanol–water partition coefficient (Wildman–Crippen LogP) is 2.54. The molecule has 1 saturated heterocycles. The van der Waals surface area contributed by atoms with E-state index < -0.39 is 0 Å². The molecule has 3 aromatic heterocycles. The molecule has 2 atom stereocenters. The Kier molecular flexibility index (Phi) is 2.87. The summed E-state index contributed by atoms with van der Waals surface area (Å²) in [5.41, 5.74) is 4.77. The summed E-state index contributed by atoms with van der Waals surface area (Å²) in [7, 11) is 0. The number of fused-ring (bicyclic) bond motifs is 6. The van der Waals surface area contributed by atoms with Crippen LogP contribution in [0, 0.1) is 20.8 Å². The number of hydrogen-bond acceptors (Lipinski definition) is 5. The standard InChI is InChI=1S/C18H19N5O2/c1-9-6-16-19-8-13-14-5-4-12(7-15(13)23(16)21-9)22(14)18(24)17-10(2)20-11(3)25-17/h6,8,12,14H,4-5,7H2,1-3H3. The molecule has 0 radical (unpaired) electrons. The van der Waals surface area contributed by atoms with Crippen LogP contribution >= 0.6 is 0 Å². The lowest BCUT2D eigenvalue weighted by Crippen LogP contribution is -2.42. The highest BCUT2D eigenvalue weighted by Crippen LogP contribution is 2.44. The Balaban J connectivity index is 1.60. The van der Waals surface area contributed by atoms with Gasteiger partial charge in [0.25, 0.3) is 5.91 Å². The molecule has 7 heteroatoms. The number of carbonyl (C=O) groups excluding carboxylic acids is 1. The minimum atomic E-state index is -0.0620. The van der Waals surface area contributed by atoms with Crippen LogP contribution in [0.15, 0.2) is 16.7 Å². The highest BCUT2D eigenvalue weighted by atomic mass is 16.4. The summed E-state index contributed by atoms with van der Waals surface area (Å²) in [6, 6.07) is 2.19. The summed E-state index contributed by atoms with van der Waals surface area (Å²) < 4.78 is 7.53. The number of amides is 1. The summed E-state index contributed by atoms with van der Waals surface area (Å²) in [6.45, 7) is 5.56. The van der Waals surface area contributed by atoms with Crippen LogP contribution in [0.3, 0.4) is 0 Å². The molecule has 3 aromatic rings. The molecule has 0 aromatic carbocycles. The van der Waals surface area contributed by atoms with E-state index in [-0.39, 0.29) is 18.0 Å². The van der Waals surface area contributed by atoms with Gasteiger partial charge in [-0.05, 0) is 26.7 Å². The highest BCUT2D eigenvalue weighted by Gasteiger charge is 2.45. The summed E-state index contributed by atoms with van der Waals surface area (Å²) in [5, 5.41) is 4.59. The fourth-order valence-electron chi connectivity index (χ4n) is 4.36. The van der Waals surface area contributed by atoms with Gasteiger partial charge in [0.05, 0.1) is 23.1 Å². The Hall–Kier alpha value is -2.70. The highest BCUT2D eigenvalue weighted by molar-refractivity contribution is 5.93. The van der Waals surface area contributed by atoms with Crippen molar-refractivity contribution in [3.8, 4) is 0 Å². The van der Waals surface area contributed by atoms with Crippen LogP contribution in [0.2, 0.25) is 0 Å². The first-order chi connectivity index (χ1) is 12.0. The molecule has 5 heterocycles. The normalized spacial score (nSPS) is 21.8. The van der Waals surface area contributed by atoms with E-state index in [1.807, 2.05) is 35.5 Å². The third-order valence-electron chi connectivity index (χ3n) is 5.36. The average molecular weight is 337 g/mol. The van der Waals surface area contributed by atoms with Crippen LogP contribution in [-0.2, 0) is 6.42 Å². The third-order valence-corrected chi connectivity index (χ3v) is 5.36. The molecule has 5 rings (SSSR count). The Morgan fingerprint density at radius 2 is 2.12 bits per heavy atom. The van der Waals surface area contributed by atoms with Gasteiger partial charge in [0.2, 0.25) is 5.76 Å². The maximum absolute atomic E-state index is 13.1. The van der Waals surface area contributed by atoms with E-state index in [1.54, 1.807) is 6.92 Å². The van der Waals surface area contributed by atoms with Crippen molar-refractivity contribution >= 4 is 11.6 Å². The minimum absolute atomic E-state index is 0.0347. The molecule has 7 nitrogen and oxygen atoms in total. The molecule has 0 aliphatic carbocycles. The fraction of sp³-hybridized carbons (Fsp3) is 0.444. The summed E-state index contributed by atoms with van der Waals surface area (Å²) in [4.78, 5) is 23.9. The molecule has 128 valence electrons. The van der Waals surface area contributed by atoms with Gasteiger partial charge < -0.3 is 9.32 Å². The van der Waals surface area contributed by atoms with E-state index >= 15 is 0 Å². The summed E-state index contributed by atoms with van der Waals surface area (Å²) >= 11 is 0. The first-order valence-electron chi connectivity index (χ1n) is 8.64. The lowest BCUT2D eigenvalue weighted by Gasteiger charge is -2.35. The van der Waals surface area contributed by atoms with E-state index in [1.165, 1.54) is 5.69 Å². The molecule has 2 bridgehead atoms. The van der Waals surface area contributed by atoms with Gasteiger partial charge >= 0.3 is 0 Å². The SMILES string of the molecule is Cc1cc2ncc3c(n2n1)CC1CCC3N1C(=O)c1oc(C)nc1C.